The number of aryl methyl sites for hydroxylation is 2. The summed E-state index contributed by atoms with van der Waals surface area (Å²) in [5.74, 6) is -0.710. The number of imide groups is 1. The van der Waals surface area contributed by atoms with Crippen molar-refractivity contribution < 1.29 is 14.0 Å². The van der Waals surface area contributed by atoms with Gasteiger partial charge >= 0.3 is 0 Å². The fourth-order valence-electron chi connectivity index (χ4n) is 4.70. The van der Waals surface area contributed by atoms with Gasteiger partial charge < -0.3 is 9.80 Å². The van der Waals surface area contributed by atoms with E-state index < -0.39 is 17.6 Å². The van der Waals surface area contributed by atoms with Crippen LogP contribution in [0.25, 0.3) is 5.57 Å². The molecule has 2 aromatic carbocycles. The third kappa shape index (κ3) is 3.73. The standard InChI is InChI=1S/C27H25FN4O2/c1-18-10-11-20(19(2)17-18)24-25(27(34)32(26(24)33)22-8-4-3-7-21(22)28)31-15-13-30(14-16-31)23-9-5-6-12-29-23/h3-12,17H,13-16H2,1-2H3. The molecule has 0 unspecified atom stereocenters. The van der Waals surface area contributed by atoms with Crippen LogP contribution in [0.1, 0.15) is 16.7 Å². The zero-order valence-electron chi connectivity index (χ0n) is 19.2. The van der Waals surface area contributed by atoms with Gasteiger partial charge in [-0.15, -0.1) is 0 Å². The Kier molecular flexibility index (Phi) is 5.61. The molecule has 1 saturated heterocycles. The molecule has 1 aromatic heterocycles. The summed E-state index contributed by atoms with van der Waals surface area (Å²) >= 11 is 0. The van der Waals surface area contributed by atoms with E-state index in [1.807, 2.05) is 55.1 Å². The van der Waals surface area contributed by atoms with E-state index in [0.29, 0.717) is 43.0 Å². The van der Waals surface area contributed by atoms with Gasteiger partial charge in [0.05, 0.1) is 11.3 Å². The Hall–Kier alpha value is -4.00. The van der Waals surface area contributed by atoms with Crippen LogP contribution in [-0.4, -0.2) is 47.9 Å². The zero-order valence-corrected chi connectivity index (χ0v) is 19.2. The van der Waals surface area contributed by atoms with Gasteiger partial charge in [0.1, 0.15) is 17.3 Å². The first-order valence-corrected chi connectivity index (χ1v) is 11.3. The normalized spacial score (nSPS) is 16.6. The molecule has 7 heteroatoms. The molecule has 1 fully saturated rings. The van der Waals surface area contributed by atoms with E-state index in [0.717, 1.165) is 21.8 Å². The van der Waals surface area contributed by atoms with Crippen LogP contribution < -0.4 is 9.80 Å². The van der Waals surface area contributed by atoms with Crippen LogP contribution in [-0.2, 0) is 9.59 Å². The highest BCUT2D eigenvalue weighted by molar-refractivity contribution is 6.45. The molecule has 0 saturated carbocycles. The number of benzene rings is 2. The van der Waals surface area contributed by atoms with Crippen molar-refractivity contribution in [1.82, 2.24) is 9.88 Å². The molecule has 0 radical (unpaired) electrons. The van der Waals surface area contributed by atoms with Gasteiger partial charge in [0.2, 0.25) is 0 Å². The molecule has 0 N–H and O–H groups in total. The summed E-state index contributed by atoms with van der Waals surface area (Å²) in [6.07, 6.45) is 1.76. The van der Waals surface area contributed by atoms with Crippen molar-refractivity contribution in [3.8, 4) is 0 Å². The summed E-state index contributed by atoms with van der Waals surface area (Å²) in [6.45, 7) is 6.31. The molecule has 6 nitrogen and oxygen atoms in total. The van der Waals surface area contributed by atoms with Crippen molar-refractivity contribution in [3.63, 3.8) is 0 Å². The van der Waals surface area contributed by atoms with Crippen LogP contribution in [0.15, 0.2) is 72.6 Å². The highest BCUT2D eigenvalue weighted by atomic mass is 19.1. The second-order valence-electron chi connectivity index (χ2n) is 8.60. The molecule has 0 aliphatic carbocycles. The Labute approximate surface area is 197 Å². The second kappa shape index (κ2) is 8.74. The van der Waals surface area contributed by atoms with Gasteiger partial charge in [-0.1, -0.05) is 42.0 Å². The number of rotatable bonds is 4. The van der Waals surface area contributed by atoms with Gasteiger partial charge in [-0.25, -0.2) is 14.3 Å². The minimum Gasteiger partial charge on any atom is -0.363 e. The Morgan fingerprint density at radius 1 is 0.824 bits per heavy atom. The maximum atomic E-state index is 14.7. The van der Waals surface area contributed by atoms with E-state index in [1.54, 1.807) is 18.3 Å². The van der Waals surface area contributed by atoms with E-state index in [-0.39, 0.29) is 5.69 Å². The smallest absolute Gasteiger partial charge is 0.282 e. The van der Waals surface area contributed by atoms with Gasteiger partial charge in [-0.3, -0.25) is 9.59 Å². The van der Waals surface area contributed by atoms with Crippen LogP contribution in [0.3, 0.4) is 0 Å². The molecule has 0 spiro atoms. The highest BCUT2D eigenvalue weighted by Gasteiger charge is 2.44. The van der Waals surface area contributed by atoms with E-state index in [2.05, 4.69) is 9.88 Å². The number of hydrogen-bond acceptors (Lipinski definition) is 5. The Morgan fingerprint density at radius 2 is 1.53 bits per heavy atom. The van der Waals surface area contributed by atoms with Crippen LogP contribution in [0.2, 0.25) is 0 Å². The van der Waals surface area contributed by atoms with E-state index >= 15 is 0 Å². The van der Waals surface area contributed by atoms with Crippen molar-refractivity contribution in [1.29, 1.82) is 0 Å². The molecule has 2 aliphatic heterocycles. The van der Waals surface area contributed by atoms with E-state index in [1.165, 1.54) is 12.1 Å². The number of nitrogens with zero attached hydrogens (tertiary/aromatic N) is 4. The monoisotopic (exact) mass is 456 g/mol. The number of carbonyl (C=O) groups is 2. The lowest BCUT2D eigenvalue weighted by molar-refractivity contribution is -0.120. The summed E-state index contributed by atoms with van der Waals surface area (Å²) in [6, 6.07) is 17.5. The summed E-state index contributed by atoms with van der Waals surface area (Å²) in [5.41, 5.74) is 3.30. The minimum absolute atomic E-state index is 0.0260. The second-order valence-corrected chi connectivity index (χ2v) is 8.60. The lowest BCUT2D eigenvalue weighted by Gasteiger charge is -2.37. The van der Waals surface area contributed by atoms with Crippen molar-refractivity contribution in [2.45, 2.75) is 13.8 Å². The average Bonchev–Trinajstić information content (AvgIpc) is 3.10. The predicted octanol–water partition coefficient (Wildman–Crippen LogP) is 3.94. The van der Waals surface area contributed by atoms with Gasteiger partial charge in [0.25, 0.3) is 11.8 Å². The molecule has 172 valence electrons. The molecule has 2 aliphatic rings. The first kappa shape index (κ1) is 21.8. The molecular formula is C27H25FN4O2. The van der Waals surface area contributed by atoms with Crippen LogP contribution in [0.5, 0.6) is 0 Å². The number of pyridine rings is 1. The van der Waals surface area contributed by atoms with Gasteiger partial charge in [-0.05, 0) is 49.2 Å². The largest absolute Gasteiger partial charge is 0.363 e. The van der Waals surface area contributed by atoms with E-state index in [9.17, 15) is 14.0 Å². The molecule has 3 aromatic rings. The minimum atomic E-state index is -0.606. The summed E-state index contributed by atoms with van der Waals surface area (Å²) in [4.78, 5) is 36.9. The zero-order chi connectivity index (χ0) is 23.8. The predicted molar refractivity (Wildman–Crippen MR) is 130 cm³/mol. The number of piperazine rings is 1. The number of aromatic nitrogens is 1. The molecule has 3 heterocycles. The highest BCUT2D eigenvalue weighted by Crippen LogP contribution is 2.37. The average molecular weight is 457 g/mol. The topological polar surface area (TPSA) is 56.8 Å². The Morgan fingerprint density at radius 3 is 2.21 bits per heavy atom. The molecule has 0 bridgehead atoms. The SMILES string of the molecule is Cc1ccc(C2=C(N3CCN(c4ccccn4)CC3)C(=O)N(c3ccccc3F)C2=O)c(C)c1. The lowest BCUT2D eigenvalue weighted by Crippen LogP contribution is -2.48. The number of halogens is 1. The number of anilines is 2. The number of para-hydroxylation sites is 1. The Bertz CT molecular complexity index is 1300. The summed E-state index contributed by atoms with van der Waals surface area (Å²) < 4.78 is 14.7. The molecule has 34 heavy (non-hydrogen) atoms. The fourth-order valence-corrected chi connectivity index (χ4v) is 4.70. The molecule has 0 atom stereocenters. The molecule has 5 rings (SSSR count). The van der Waals surface area contributed by atoms with Crippen LogP contribution >= 0.6 is 0 Å². The van der Waals surface area contributed by atoms with Crippen molar-refractivity contribution in [2.75, 3.05) is 36.0 Å². The van der Waals surface area contributed by atoms with Crippen LogP contribution in [0, 0.1) is 19.7 Å². The van der Waals surface area contributed by atoms with Crippen LogP contribution in [0.4, 0.5) is 15.9 Å². The summed E-state index contributed by atoms with van der Waals surface area (Å²) in [7, 11) is 0. The summed E-state index contributed by atoms with van der Waals surface area (Å²) in [5, 5.41) is 0. The van der Waals surface area contributed by atoms with Crippen molar-refractivity contribution >= 4 is 28.9 Å². The van der Waals surface area contributed by atoms with Crippen molar-refractivity contribution in [2.24, 2.45) is 0 Å². The Balaban J connectivity index is 1.55. The van der Waals surface area contributed by atoms with Gasteiger partial charge in [0.15, 0.2) is 0 Å². The maximum absolute atomic E-state index is 14.7. The third-order valence-corrected chi connectivity index (χ3v) is 6.37. The maximum Gasteiger partial charge on any atom is 0.282 e. The van der Waals surface area contributed by atoms with Gasteiger partial charge in [0, 0.05) is 32.4 Å². The quantitative estimate of drug-likeness (QED) is 0.557. The third-order valence-electron chi connectivity index (χ3n) is 6.37. The first-order valence-electron chi connectivity index (χ1n) is 11.3. The van der Waals surface area contributed by atoms with E-state index in [4.69, 9.17) is 0 Å². The molecule has 2 amide bonds. The molecular weight excluding hydrogens is 431 g/mol. The number of carbonyl (C=O) groups excluding carboxylic acids is 2. The number of hydrogen-bond donors (Lipinski definition) is 0. The first-order chi connectivity index (χ1) is 16.5. The lowest BCUT2D eigenvalue weighted by atomic mass is 9.97. The fraction of sp³-hybridized carbons (Fsp3) is 0.222. The van der Waals surface area contributed by atoms with Crippen molar-refractivity contribution in [3.05, 3.63) is 95.1 Å². The number of amides is 2. The van der Waals surface area contributed by atoms with Gasteiger partial charge in [-0.2, -0.15) is 0 Å².